The number of aromatic nitrogens is 3. The van der Waals surface area contributed by atoms with Crippen molar-refractivity contribution in [2.75, 3.05) is 49.2 Å². The number of benzene rings is 2. The first kappa shape index (κ1) is 31.5. The zero-order chi connectivity index (χ0) is 33.4. The molecule has 0 N–H and O–H groups in total. The van der Waals surface area contributed by atoms with Crippen LogP contribution in [-0.2, 0) is 41.1 Å². The predicted octanol–water partition coefficient (Wildman–Crippen LogP) is 5.34. The summed E-state index contributed by atoms with van der Waals surface area (Å²) in [6, 6.07) is 10.3. The van der Waals surface area contributed by atoms with Gasteiger partial charge in [0.15, 0.2) is 0 Å². The SMILES string of the molecule is Cn1cnnc1CC1(c2cccc(N3Cc4c(cc(N5CC6(CCN(C(=O)OC(C)(C)C)CC6)C5)cc4C(F)(F)F)C3=O)c2)COC1. The second kappa shape index (κ2) is 11.0. The topological polar surface area (TPSA) is 93.0 Å². The van der Waals surface area contributed by atoms with E-state index in [9.17, 15) is 22.8 Å². The van der Waals surface area contributed by atoms with Crippen LogP contribution < -0.4 is 9.80 Å². The van der Waals surface area contributed by atoms with Crippen LogP contribution in [0.5, 0.6) is 0 Å². The van der Waals surface area contributed by atoms with E-state index in [1.807, 2.05) is 55.5 Å². The van der Waals surface area contributed by atoms with Gasteiger partial charge >= 0.3 is 12.3 Å². The standard InChI is InChI=1S/C34H39F3N6O4/c1-31(2,3)47-30(45)41-10-8-32(9-11-41)17-42(18-32)24-13-25-26(27(14-24)34(35,36)37)16-43(29(25)44)23-7-5-6-22(12-23)33(19-46-20-33)15-28-39-38-21-40(28)4/h5-7,12-14,21H,8-11,15-20H2,1-4H3. The average molecular weight is 653 g/mol. The van der Waals surface area contributed by atoms with Crippen molar-refractivity contribution in [2.24, 2.45) is 12.5 Å². The molecule has 0 radical (unpaired) electrons. The smallest absolute Gasteiger partial charge is 0.416 e. The molecular formula is C34H39F3N6O4. The predicted molar refractivity (Wildman–Crippen MR) is 167 cm³/mol. The number of rotatable bonds is 5. The number of amides is 2. The molecule has 7 rings (SSSR count). The molecule has 4 aliphatic heterocycles. The highest BCUT2D eigenvalue weighted by atomic mass is 19.4. The fourth-order valence-electron chi connectivity index (χ4n) is 7.28. The lowest BCUT2D eigenvalue weighted by atomic mass is 9.71. The van der Waals surface area contributed by atoms with Gasteiger partial charge in [-0.3, -0.25) is 4.79 Å². The molecule has 10 nitrogen and oxygen atoms in total. The Morgan fingerprint density at radius 3 is 2.36 bits per heavy atom. The molecule has 3 fully saturated rings. The summed E-state index contributed by atoms with van der Waals surface area (Å²) in [6.45, 7) is 8.48. The van der Waals surface area contributed by atoms with Gasteiger partial charge in [-0.15, -0.1) is 10.2 Å². The van der Waals surface area contributed by atoms with Gasteiger partial charge in [-0.1, -0.05) is 12.1 Å². The molecule has 250 valence electrons. The Morgan fingerprint density at radius 2 is 1.77 bits per heavy atom. The zero-order valence-electron chi connectivity index (χ0n) is 27.1. The minimum Gasteiger partial charge on any atom is -0.444 e. The van der Waals surface area contributed by atoms with E-state index in [0.29, 0.717) is 57.2 Å². The number of likely N-dealkylation sites (tertiary alicyclic amines) is 1. The average Bonchev–Trinajstić information content (AvgIpc) is 3.53. The number of piperidine rings is 1. The number of ether oxygens (including phenoxy) is 2. The molecule has 0 unspecified atom stereocenters. The van der Waals surface area contributed by atoms with Gasteiger partial charge in [0.1, 0.15) is 17.8 Å². The molecule has 3 aromatic rings. The Labute approximate surface area is 271 Å². The van der Waals surface area contributed by atoms with Crippen LogP contribution in [0.3, 0.4) is 0 Å². The lowest BCUT2D eigenvalue weighted by Gasteiger charge is -2.55. The van der Waals surface area contributed by atoms with Gasteiger partial charge in [-0.25, -0.2) is 4.79 Å². The van der Waals surface area contributed by atoms with E-state index in [2.05, 4.69) is 10.2 Å². The van der Waals surface area contributed by atoms with E-state index < -0.39 is 23.2 Å². The number of anilines is 2. The highest BCUT2D eigenvalue weighted by molar-refractivity contribution is 6.11. The highest BCUT2D eigenvalue weighted by Crippen LogP contribution is 2.47. The van der Waals surface area contributed by atoms with Crippen molar-refractivity contribution < 1.29 is 32.2 Å². The normalized spacial score (nSPS) is 20.2. The molecule has 5 heterocycles. The van der Waals surface area contributed by atoms with Gasteiger partial charge in [0.05, 0.1) is 25.3 Å². The fraction of sp³-hybridized carbons (Fsp3) is 0.529. The molecule has 2 aromatic carbocycles. The molecule has 1 aromatic heterocycles. The molecule has 3 saturated heterocycles. The van der Waals surface area contributed by atoms with Crippen LogP contribution in [-0.4, -0.2) is 76.7 Å². The number of hydrogen-bond donors (Lipinski definition) is 0. The lowest BCUT2D eigenvalue weighted by molar-refractivity contribution is -0.138. The number of carbonyl (C=O) groups is 2. The molecule has 0 atom stereocenters. The number of carbonyl (C=O) groups excluding carboxylic acids is 2. The van der Waals surface area contributed by atoms with Gasteiger partial charge in [-0.05, 0) is 69.0 Å². The van der Waals surface area contributed by atoms with Gasteiger partial charge in [0, 0.05) is 67.4 Å². The fourth-order valence-corrected chi connectivity index (χ4v) is 7.28. The Morgan fingerprint density at radius 1 is 1.04 bits per heavy atom. The summed E-state index contributed by atoms with van der Waals surface area (Å²) in [5.74, 6) is 0.352. The van der Waals surface area contributed by atoms with Crippen LogP contribution in [0.15, 0.2) is 42.7 Å². The van der Waals surface area contributed by atoms with E-state index in [1.165, 1.54) is 11.0 Å². The highest BCUT2D eigenvalue weighted by Gasteiger charge is 2.48. The molecule has 2 amide bonds. The van der Waals surface area contributed by atoms with Crippen LogP contribution >= 0.6 is 0 Å². The minimum absolute atomic E-state index is 0.00154. The third kappa shape index (κ3) is 5.72. The van der Waals surface area contributed by atoms with E-state index in [-0.39, 0.29) is 34.6 Å². The summed E-state index contributed by atoms with van der Waals surface area (Å²) in [4.78, 5) is 31.4. The monoisotopic (exact) mass is 652 g/mol. The van der Waals surface area contributed by atoms with Gasteiger partial charge in [-0.2, -0.15) is 13.2 Å². The third-order valence-electron chi connectivity index (χ3n) is 10.1. The molecule has 13 heteroatoms. The second-order valence-electron chi connectivity index (χ2n) is 14.6. The van der Waals surface area contributed by atoms with Crippen LogP contribution in [0.2, 0.25) is 0 Å². The van der Waals surface area contributed by atoms with Gasteiger partial charge in [0.2, 0.25) is 0 Å². The second-order valence-corrected chi connectivity index (χ2v) is 14.6. The van der Waals surface area contributed by atoms with E-state index in [1.54, 1.807) is 23.4 Å². The van der Waals surface area contributed by atoms with E-state index >= 15 is 0 Å². The number of aryl methyl sites for hydroxylation is 1. The van der Waals surface area contributed by atoms with Crippen molar-refractivity contribution in [1.82, 2.24) is 19.7 Å². The van der Waals surface area contributed by atoms with E-state index in [0.717, 1.165) is 24.2 Å². The van der Waals surface area contributed by atoms with Crippen molar-refractivity contribution >= 4 is 23.4 Å². The van der Waals surface area contributed by atoms with Crippen molar-refractivity contribution in [1.29, 1.82) is 0 Å². The Balaban J connectivity index is 1.10. The first-order valence-corrected chi connectivity index (χ1v) is 16.0. The maximum absolute atomic E-state index is 14.5. The van der Waals surface area contributed by atoms with Crippen molar-refractivity contribution in [3.8, 4) is 0 Å². The summed E-state index contributed by atoms with van der Waals surface area (Å²) in [5.41, 5.74) is 0.158. The Bertz CT molecular complexity index is 1710. The maximum atomic E-state index is 14.5. The summed E-state index contributed by atoms with van der Waals surface area (Å²) >= 11 is 0. The van der Waals surface area contributed by atoms with Crippen molar-refractivity contribution in [3.63, 3.8) is 0 Å². The molecule has 4 aliphatic rings. The van der Waals surface area contributed by atoms with Crippen molar-refractivity contribution in [3.05, 3.63) is 70.8 Å². The number of fused-ring (bicyclic) bond motifs is 1. The maximum Gasteiger partial charge on any atom is 0.416 e. The quantitative estimate of drug-likeness (QED) is 0.368. The molecule has 0 aliphatic carbocycles. The summed E-state index contributed by atoms with van der Waals surface area (Å²) in [7, 11) is 1.88. The van der Waals surface area contributed by atoms with E-state index in [4.69, 9.17) is 9.47 Å². The molecule has 47 heavy (non-hydrogen) atoms. The van der Waals surface area contributed by atoms with Gasteiger partial charge in [0.25, 0.3) is 5.91 Å². The summed E-state index contributed by atoms with van der Waals surface area (Å²) < 4.78 is 56.5. The molecule has 0 saturated carbocycles. The zero-order valence-corrected chi connectivity index (χ0v) is 27.1. The Hall–Kier alpha value is -4.13. The number of nitrogens with zero attached hydrogens (tertiary/aromatic N) is 6. The van der Waals surface area contributed by atoms with Crippen LogP contribution in [0.1, 0.15) is 66.5 Å². The first-order chi connectivity index (χ1) is 22.2. The number of hydrogen-bond acceptors (Lipinski definition) is 7. The van der Waals surface area contributed by atoms with Gasteiger partial charge < -0.3 is 28.7 Å². The van der Waals surface area contributed by atoms with Crippen LogP contribution in [0.4, 0.5) is 29.3 Å². The molecular weight excluding hydrogens is 613 g/mol. The number of alkyl halides is 3. The van der Waals surface area contributed by atoms with Crippen LogP contribution in [0.25, 0.3) is 0 Å². The number of halogens is 3. The third-order valence-corrected chi connectivity index (χ3v) is 10.1. The summed E-state index contributed by atoms with van der Waals surface area (Å²) in [6.07, 6.45) is -1.26. The minimum atomic E-state index is -4.62. The molecule has 1 spiro atoms. The molecule has 0 bridgehead atoms. The van der Waals surface area contributed by atoms with Crippen molar-refractivity contribution in [2.45, 2.75) is 63.8 Å². The Kier molecular flexibility index (Phi) is 7.34. The summed E-state index contributed by atoms with van der Waals surface area (Å²) in [5, 5.41) is 8.20. The van der Waals surface area contributed by atoms with Crippen LogP contribution in [0, 0.1) is 5.41 Å². The lowest BCUT2D eigenvalue weighted by Crippen LogP contribution is -2.61. The first-order valence-electron chi connectivity index (χ1n) is 16.0. The largest absolute Gasteiger partial charge is 0.444 e.